The standard InChI is InChI=1S/C14H21F2NO2/c15-12-6-5-11(9-13(12)16)14(19)10-17-7-3-1-2-4-8-18/h5-6,9,14,17-19H,1-4,7-8,10H2. The zero-order valence-electron chi connectivity index (χ0n) is 10.9. The van der Waals surface area contributed by atoms with Crippen LogP contribution in [0.1, 0.15) is 37.4 Å². The van der Waals surface area contributed by atoms with Crippen LogP contribution in [0.5, 0.6) is 0 Å². The van der Waals surface area contributed by atoms with E-state index in [-0.39, 0.29) is 6.61 Å². The molecule has 0 aliphatic rings. The zero-order valence-corrected chi connectivity index (χ0v) is 10.9. The van der Waals surface area contributed by atoms with Gasteiger partial charge in [0, 0.05) is 13.2 Å². The summed E-state index contributed by atoms with van der Waals surface area (Å²) in [7, 11) is 0. The predicted molar refractivity (Wildman–Crippen MR) is 69.7 cm³/mol. The Hall–Kier alpha value is -1.04. The number of aliphatic hydroxyl groups excluding tert-OH is 2. The molecule has 5 heteroatoms. The Morgan fingerprint density at radius 1 is 1.05 bits per heavy atom. The molecule has 1 aromatic carbocycles. The van der Waals surface area contributed by atoms with Crippen LogP contribution >= 0.6 is 0 Å². The highest BCUT2D eigenvalue weighted by molar-refractivity contribution is 5.20. The highest BCUT2D eigenvalue weighted by Gasteiger charge is 2.10. The van der Waals surface area contributed by atoms with Crippen LogP contribution in [0.25, 0.3) is 0 Å². The van der Waals surface area contributed by atoms with E-state index in [2.05, 4.69) is 5.32 Å². The lowest BCUT2D eigenvalue weighted by atomic mass is 10.1. The molecule has 0 saturated heterocycles. The smallest absolute Gasteiger partial charge is 0.159 e. The zero-order chi connectivity index (χ0) is 14.1. The molecule has 0 saturated carbocycles. The molecule has 0 heterocycles. The fourth-order valence-electron chi connectivity index (χ4n) is 1.79. The van der Waals surface area contributed by atoms with Gasteiger partial charge in [0.2, 0.25) is 0 Å². The molecule has 0 radical (unpaired) electrons. The lowest BCUT2D eigenvalue weighted by Crippen LogP contribution is -2.22. The van der Waals surface area contributed by atoms with Gasteiger partial charge in [-0.15, -0.1) is 0 Å². The third-order valence-electron chi connectivity index (χ3n) is 2.93. The van der Waals surface area contributed by atoms with E-state index in [1.807, 2.05) is 0 Å². The molecule has 108 valence electrons. The lowest BCUT2D eigenvalue weighted by Gasteiger charge is -2.12. The fourth-order valence-corrected chi connectivity index (χ4v) is 1.79. The second-order valence-corrected chi connectivity index (χ2v) is 4.53. The molecule has 0 amide bonds. The van der Waals surface area contributed by atoms with Crippen LogP contribution in [0.2, 0.25) is 0 Å². The molecule has 1 atom stereocenters. The molecule has 1 aromatic rings. The first-order valence-corrected chi connectivity index (χ1v) is 6.59. The highest BCUT2D eigenvalue weighted by atomic mass is 19.2. The molecule has 3 nitrogen and oxygen atoms in total. The number of nitrogens with one attached hydrogen (secondary N) is 1. The SMILES string of the molecule is OCCCCCCNCC(O)c1ccc(F)c(F)c1. The molecule has 0 aliphatic heterocycles. The summed E-state index contributed by atoms with van der Waals surface area (Å²) in [6.45, 7) is 1.29. The highest BCUT2D eigenvalue weighted by Crippen LogP contribution is 2.15. The van der Waals surface area contributed by atoms with E-state index in [1.165, 1.54) is 6.07 Å². The number of halogens is 2. The van der Waals surface area contributed by atoms with Crippen LogP contribution in [0, 0.1) is 11.6 Å². The van der Waals surface area contributed by atoms with Crippen molar-refractivity contribution in [2.24, 2.45) is 0 Å². The van der Waals surface area contributed by atoms with Gasteiger partial charge in [0.05, 0.1) is 6.10 Å². The molecular weight excluding hydrogens is 252 g/mol. The fraction of sp³-hybridized carbons (Fsp3) is 0.571. The minimum absolute atomic E-state index is 0.224. The van der Waals surface area contributed by atoms with E-state index in [0.717, 1.165) is 44.4 Å². The summed E-state index contributed by atoms with van der Waals surface area (Å²) in [6.07, 6.45) is 2.95. The molecule has 0 aromatic heterocycles. The average Bonchev–Trinajstić information content (AvgIpc) is 2.40. The van der Waals surface area contributed by atoms with Crippen molar-refractivity contribution < 1.29 is 19.0 Å². The van der Waals surface area contributed by atoms with Gasteiger partial charge in [0.25, 0.3) is 0 Å². The first-order chi connectivity index (χ1) is 9.15. The van der Waals surface area contributed by atoms with Crippen molar-refractivity contribution in [2.45, 2.75) is 31.8 Å². The first kappa shape index (κ1) is 16.0. The van der Waals surface area contributed by atoms with Gasteiger partial charge in [0.1, 0.15) is 0 Å². The van der Waals surface area contributed by atoms with E-state index in [0.29, 0.717) is 12.1 Å². The van der Waals surface area contributed by atoms with E-state index in [4.69, 9.17) is 5.11 Å². The van der Waals surface area contributed by atoms with Crippen molar-refractivity contribution in [1.82, 2.24) is 5.32 Å². The summed E-state index contributed by atoms with van der Waals surface area (Å²) < 4.78 is 25.7. The van der Waals surface area contributed by atoms with E-state index < -0.39 is 17.7 Å². The number of aliphatic hydroxyl groups is 2. The van der Waals surface area contributed by atoms with Gasteiger partial charge in [0.15, 0.2) is 11.6 Å². The predicted octanol–water partition coefficient (Wildman–Crippen LogP) is 2.14. The summed E-state index contributed by atoms with van der Waals surface area (Å²) in [5.74, 6) is -1.85. The minimum Gasteiger partial charge on any atom is -0.396 e. The maximum atomic E-state index is 13.0. The van der Waals surface area contributed by atoms with Gasteiger partial charge in [-0.25, -0.2) is 8.78 Å². The summed E-state index contributed by atoms with van der Waals surface area (Å²) in [5.41, 5.74) is 0.367. The summed E-state index contributed by atoms with van der Waals surface area (Å²) in [6, 6.07) is 3.41. The largest absolute Gasteiger partial charge is 0.396 e. The molecule has 0 spiro atoms. The van der Waals surface area contributed by atoms with Crippen molar-refractivity contribution >= 4 is 0 Å². The molecule has 1 unspecified atom stereocenters. The minimum atomic E-state index is -0.944. The lowest BCUT2D eigenvalue weighted by molar-refractivity contribution is 0.174. The van der Waals surface area contributed by atoms with Crippen molar-refractivity contribution in [1.29, 1.82) is 0 Å². The molecule has 0 fully saturated rings. The molecule has 0 bridgehead atoms. The third-order valence-corrected chi connectivity index (χ3v) is 2.93. The Balaban J connectivity index is 2.20. The summed E-state index contributed by atoms with van der Waals surface area (Å²) >= 11 is 0. The Morgan fingerprint density at radius 2 is 1.79 bits per heavy atom. The topological polar surface area (TPSA) is 52.5 Å². The van der Waals surface area contributed by atoms with E-state index in [1.54, 1.807) is 0 Å². The second kappa shape index (κ2) is 8.96. The van der Waals surface area contributed by atoms with Crippen LogP contribution in [0.4, 0.5) is 8.78 Å². The van der Waals surface area contributed by atoms with Crippen LogP contribution in [0.15, 0.2) is 18.2 Å². The van der Waals surface area contributed by atoms with Gasteiger partial charge < -0.3 is 15.5 Å². The molecule has 19 heavy (non-hydrogen) atoms. The van der Waals surface area contributed by atoms with E-state index in [9.17, 15) is 13.9 Å². The monoisotopic (exact) mass is 273 g/mol. The van der Waals surface area contributed by atoms with Gasteiger partial charge in [-0.3, -0.25) is 0 Å². The Kier molecular flexibility index (Phi) is 7.55. The summed E-state index contributed by atoms with van der Waals surface area (Å²) in [4.78, 5) is 0. The second-order valence-electron chi connectivity index (χ2n) is 4.53. The van der Waals surface area contributed by atoms with Crippen molar-refractivity contribution in [3.05, 3.63) is 35.4 Å². The Bertz CT molecular complexity index is 374. The summed E-state index contributed by atoms with van der Waals surface area (Å²) in [5, 5.41) is 21.5. The quantitative estimate of drug-likeness (QED) is 0.604. The van der Waals surface area contributed by atoms with Gasteiger partial charge in [-0.1, -0.05) is 18.9 Å². The van der Waals surface area contributed by atoms with Gasteiger partial charge in [-0.2, -0.15) is 0 Å². The van der Waals surface area contributed by atoms with Crippen LogP contribution in [-0.2, 0) is 0 Å². The van der Waals surface area contributed by atoms with E-state index >= 15 is 0 Å². The van der Waals surface area contributed by atoms with Crippen molar-refractivity contribution in [3.8, 4) is 0 Å². The van der Waals surface area contributed by atoms with Crippen LogP contribution < -0.4 is 5.32 Å². The van der Waals surface area contributed by atoms with Crippen molar-refractivity contribution in [2.75, 3.05) is 19.7 Å². The van der Waals surface area contributed by atoms with Gasteiger partial charge in [-0.05, 0) is 37.1 Å². The normalized spacial score (nSPS) is 12.6. The molecule has 3 N–H and O–H groups in total. The molecule has 1 rings (SSSR count). The van der Waals surface area contributed by atoms with Crippen LogP contribution in [-0.4, -0.2) is 29.9 Å². The molecule has 0 aliphatic carbocycles. The Labute approximate surface area is 112 Å². The molecular formula is C14H21F2NO2. The first-order valence-electron chi connectivity index (χ1n) is 6.59. The number of rotatable bonds is 9. The number of unbranched alkanes of at least 4 members (excludes halogenated alkanes) is 3. The number of hydrogen-bond acceptors (Lipinski definition) is 3. The maximum Gasteiger partial charge on any atom is 0.159 e. The Morgan fingerprint density at radius 3 is 2.47 bits per heavy atom. The van der Waals surface area contributed by atoms with Crippen molar-refractivity contribution in [3.63, 3.8) is 0 Å². The maximum absolute atomic E-state index is 13.0. The van der Waals surface area contributed by atoms with Crippen LogP contribution in [0.3, 0.4) is 0 Å². The third kappa shape index (κ3) is 6.09. The van der Waals surface area contributed by atoms with Gasteiger partial charge >= 0.3 is 0 Å². The number of benzene rings is 1. The average molecular weight is 273 g/mol. The number of hydrogen-bond donors (Lipinski definition) is 3.